The molecule has 0 radical (unpaired) electrons. The van der Waals surface area contributed by atoms with Gasteiger partial charge >= 0.3 is 0 Å². The van der Waals surface area contributed by atoms with Crippen LogP contribution in [0.5, 0.6) is 0 Å². The van der Waals surface area contributed by atoms with Crippen molar-refractivity contribution >= 4 is 45.9 Å². The number of hydrogen-bond acceptors (Lipinski definition) is 4. The Hall–Kier alpha value is -1.98. The fraction of sp³-hybridized carbons (Fsp3) is 0.0667. The second-order valence-corrected chi connectivity index (χ2v) is 5.92. The third-order valence-electron chi connectivity index (χ3n) is 2.98. The molecule has 1 heterocycles. The molecule has 3 rings (SSSR count). The molecule has 21 heavy (non-hydrogen) atoms. The molecule has 2 amide bonds. The third-order valence-corrected chi connectivity index (χ3v) is 4.16. The highest BCUT2D eigenvalue weighted by atomic mass is 35.5. The summed E-state index contributed by atoms with van der Waals surface area (Å²) in [6.45, 7) is 0. The van der Waals surface area contributed by atoms with Gasteiger partial charge < -0.3 is 5.32 Å². The van der Waals surface area contributed by atoms with Crippen LogP contribution in [0.1, 0.15) is 0 Å². The first-order valence-corrected chi connectivity index (χ1v) is 7.52. The predicted octanol–water partition coefficient (Wildman–Crippen LogP) is 3.98. The van der Waals surface area contributed by atoms with E-state index in [0.717, 1.165) is 11.8 Å². The largest absolute Gasteiger partial charge is 0.365 e. The zero-order valence-corrected chi connectivity index (χ0v) is 12.4. The first-order chi connectivity index (χ1) is 10.1. The number of nitrogens with one attached hydrogen (secondary N) is 1. The number of rotatable bonds is 3. The monoisotopic (exact) mass is 318 g/mol. The number of halogens is 1. The predicted molar refractivity (Wildman–Crippen MR) is 85.8 cm³/mol. The summed E-state index contributed by atoms with van der Waals surface area (Å²) in [6.07, 6.45) is 0. The highest BCUT2D eigenvalue weighted by Gasteiger charge is 2.40. The normalized spacial score (nSPS) is 18.1. The van der Waals surface area contributed by atoms with Gasteiger partial charge in [-0.25, -0.2) is 4.90 Å². The van der Waals surface area contributed by atoms with Crippen molar-refractivity contribution in [2.45, 2.75) is 5.37 Å². The second kappa shape index (κ2) is 5.79. The average molecular weight is 319 g/mol. The molecule has 0 bridgehead atoms. The minimum Gasteiger partial charge on any atom is -0.365 e. The third kappa shape index (κ3) is 2.89. The molecule has 0 saturated carbocycles. The lowest BCUT2D eigenvalue weighted by Crippen LogP contribution is -2.34. The lowest BCUT2D eigenvalue weighted by atomic mass is 10.3. The number of nitrogens with zero attached hydrogens (tertiary/aromatic N) is 1. The van der Waals surface area contributed by atoms with Gasteiger partial charge in [0.05, 0.1) is 5.69 Å². The SMILES string of the molecule is O=C1S[C@H](Nc2cccc(Cl)c2)C(=O)N1c1ccccc1. The molecule has 6 heteroatoms. The number of para-hydroxylation sites is 1. The molecule has 1 aliphatic rings. The van der Waals surface area contributed by atoms with Crippen molar-refractivity contribution in [3.8, 4) is 0 Å². The molecule has 0 aliphatic carbocycles. The summed E-state index contributed by atoms with van der Waals surface area (Å²) in [7, 11) is 0. The van der Waals surface area contributed by atoms with Crippen molar-refractivity contribution in [1.82, 2.24) is 0 Å². The minimum atomic E-state index is -0.642. The van der Waals surface area contributed by atoms with E-state index in [1.165, 1.54) is 4.90 Å². The van der Waals surface area contributed by atoms with E-state index in [2.05, 4.69) is 5.32 Å². The average Bonchev–Trinajstić information content (AvgIpc) is 2.74. The van der Waals surface area contributed by atoms with E-state index in [-0.39, 0.29) is 11.1 Å². The van der Waals surface area contributed by atoms with Gasteiger partial charge in [0.2, 0.25) is 0 Å². The first-order valence-electron chi connectivity index (χ1n) is 6.27. The topological polar surface area (TPSA) is 49.4 Å². The van der Waals surface area contributed by atoms with Crippen molar-refractivity contribution in [2.75, 3.05) is 10.2 Å². The Labute approximate surface area is 131 Å². The Morgan fingerprint density at radius 2 is 1.81 bits per heavy atom. The standard InChI is InChI=1S/C15H11ClN2O2S/c16-10-5-4-6-11(9-10)17-13-14(19)18(15(20)21-13)12-7-2-1-3-8-12/h1-9,13,17H/t13-/m0/s1. The molecule has 1 atom stereocenters. The van der Waals surface area contributed by atoms with Crippen molar-refractivity contribution < 1.29 is 9.59 Å². The number of benzene rings is 2. The van der Waals surface area contributed by atoms with E-state index >= 15 is 0 Å². The number of imide groups is 1. The van der Waals surface area contributed by atoms with Crippen LogP contribution < -0.4 is 10.2 Å². The van der Waals surface area contributed by atoms with E-state index < -0.39 is 5.37 Å². The molecular weight excluding hydrogens is 308 g/mol. The molecule has 1 N–H and O–H groups in total. The van der Waals surface area contributed by atoms with E-state index in [1.807, 2.05) is 6.07 Å². The summed E-state index contributed by atoms with van der Waals surface area (Å²) >= 11 is 6.87. The lowest BCUT2D eigenvalue weighted by molar-refractivity contribution is -0.116. The minimum absolute atomic E-state index is 0.281. The van der Waals surface area contributed by atoms with Crippen LogP contribution in [-0.4, -0.2) is 16.5 Å². The van der Waals surface area contributed by atoms with Crippen LogP contribution in [0.2, 0.25) is 5.02 Å². The summed E-state index contributed by atoms with van der Waals surface area (Å²) in [5.41, 5.74) is 1.28. The van der Waals surface area contributed by atoms with Crippen LogP contribution in [-0.2, 0) is 4.79 Å². The molecule has 1 fully saturated rings. The van der Waals surface area contributed by atoms with E-state index in [1.54, 1.807) is 48.5 Å². The van der Waals surface area contributed by atoms with E-state index in [0.29, 0.717) is 16.4 Å². The van der Waals surface area contributed by atoms with Crippen molar-refractivity contribution in [1.29, 1.82) is 0 Å². The molecule has 2 aromatic rings. The van der Waals surface area contributed by atoms with Gasteiger partial charge in [-0.1, -0.05) is 35.9 Å². The highest BCUT2D eigenvalue weighted by molar-refractivity contribution is 8.16. The number of carbonyl (C=O) groups excluding carboxylic acids is 2. The Morgan fingerprint density at radius 1 is 1.05 bits per heavy atom. The first kappa shape index (κ1) is 14.0. The quantitative estimate of drug-likeness (QED) is 0.930. The lowest BCUT2D eigenvalue weighted by Gasteiger charge is -2.14. The second-order valence-electron chi connectivity index (χ2n) is 4.43. The fourth-order valence-electron chi connectivity index (χ4n) is 2.04. The maximum absolute atomic E-state index is 12.4. The molecule has 0 aromatic heterocycles. The van der Waals surface area contributed by atoms with Crippen LogP contribution in [0.4, 0.5) is 16.2 Å². The van der Waals surface area contributed by atoms with Gasteiger partial charge in [-0.05, 0) is 42.1 Å². The van der Waals surface area contributed by atoms with Crippen molar-refractivity contribution in [3.63, 3.8) is 0 Å². The number of hydrogen-bond donors (Lipinski definition) is 1. The van der Waals surface area contributed by atoms with Crippen molar-refractivity contribution in [2.24, 2.45) is 0 Å². The van der Waals surface area contributed by atoms with Crippen LogP contribution in [0, 0.1) is 0 Å². The zero-order valence-electron chi connectivity index (χ0n) is 10.8. The summed E-state index contributed by atoms with van der Waals surface area (Å²) in [6, 6.07) is 15.9. The zero-order chi connectivity index (χ0) is 14.8. The Kier molecular flexibility index (Phi) is 3.86. The summed E-state index contributed by atoms with van der Waals surface area (Å²) in [5, 5.41) is 2.67. The summed E-state index contributed by atoms with van der Waals surface area (Å²) in [4.78, 5) is 25.6. The van der Waals surface area contributed by atoms with E-state index in [4.69, 9.17) is 11.6 Å². The smallest absolute Gasteiger partial charge is 0.295 e. The molecule has 4 nitrogen and oxygen atoms in total. The van der Waals surface area contributed by atoms with E-state index in [9.17, 15) is 9.59 Å². The molecule has 1 saturated heterocycles. The van der Waals surface area contributed by atoms with Gasteiger partial charge in [-0.15, -0.1) is 0 Å². The molecule has 0 unspecified atom stereocenters. The fourth-order valence-corrected chi connectivity index (χ4v) is 3.14. The van der Waals surface area contributed by atoms with Gasteiger partial charge in [-0.2, -0.15) is 0 Å². The Balaban J connectivity index is 1.81. The highest BCUT2D eigenvalue weighted by Crippen LogP contribution is 2.32. The molecule has 106 valence electrons. The van der Waals surface area contributed by atoms with Crippen LogP contribution >= 0.6 is 23.4 Å². The number of anilines is 2. The molecule has 0 spiro atoms. The summed E-state index contributed by atoms with van der Waals surface area (Å²) in [5.74, 6) is -0.281. The van der Waals surface area contributed by atoms with Crippen LogP contribution in [0.15, 0.2) is 54.6 Å². The summed E-state index contributed by atoms with van der Waals surface area (Å²) < 4.78 is 0. The van der Waals surface area contributed by atoms with Gasteiger partial charge in [0, 0.05) is 10.7 Å². The number of amides is 2. The maximum Gasteiger partial charge on any atom is 0.295 e. The number of thioether (sulfide) groups is 1. The Bertz CT molecular complexity index is 693. The van der Waals surface area contributed by atoms with Crippen molar-refractivity contribution in [3.05, 3.63) is 59.6 Å². The van der Waals surface area contributed by atoms with Gasteiger partial charge in [0.25, 0.3) is 11.1 Å². The van der Waals surface area contributed by atoms with Gasteiger partial charge in [0.1, 0.15) is 0 Å². The van der Waals surface area contributed by atoms with Gasteiger partial charge in [-0.3, -0.25) is 9.59 Å². The van der Waals surface area contributed by atoms with Crippen LogP contribution in [0.25, 0.3) is 0 Å². The molecular formula is C15H11ClN2O2S. The maximum atomic E-state index is 12.4. The molecule has 1 aliphatic heterocycles. The Morgan fingerprint density at radius 3 is 2.52 bits per heavy atom. The molecule has 2 aromatic carbocycles. The number of carbonyl (C=O) groups is 2. The van der Waals surface area contributed by atoms with Gasteiger partial charge in [0.15, 0.2) is 5.37 Å². The van der Waals surface area contributed by atoms with Crippen LogP contribution in [0.3, 0.4) is 0 Å².